The number of rotatable bonds is 5. The predicted octanol–water partition coefficient (Wildman–Crippen LogP) is 3.37. The van der Waals surface area contributed by atoms with Crippen LogP contribution in [0.5, 0.6) is 0 Å². The Balaban J connectivity index is 2.04. The summed E-state index contributed by atoms with van der Waals surface area (Å²) < 4.78 is 3.03. The number of halogens is 1. The van der Waals surface area contributed by atoms with Crippen LogP contribution in [0.4, 0.5) is 5.69 Å². The molecule has 0 atom stereocenters. The SMILES string of the molecule is CCCn1ncnc1CNc1cc(C)cc(Br)c1. The van der Waals surface area contributed by atoms with Crippen LogP contribution in [0.25, 0.3) is 0 Å². The first-order valence-corrected chi connectivity index (χ1v) is 6.86. The van der Waals surface area contributed by atoms with Gasteiger partial charge in [0.15, 0.2) is 0 Å². The summed E-state index contributed by atoms with van der Waals surface area (Å²) in [7, 11) is 0. The first kappa shape index (κ1) is 13.1. The standard InChI is InChI=1S/C13H17BrN4/c1-3-4-18-13(16-9-17-18)8-15-12-6-10(2)5-11(14)7-12/h5-7,9,15H,3-4,8H2,1-2H3. The van der Waals surface area contributed by atoms with Gasteiger partial charge in [0.1, 0.15) is 12.2 Å². The molecule has 0 aliphatic carbocycles. The van der Waals surface area contributed by atoms with Crippen molar-refractivity contribution in [2.45, 2.75) is 33.4 Å². The molecule has 18 heavy (non-hydrogen) atoms. The minimum atomic E-state index is 0.690. The Morgan fingerprint density at radius 3 is 2.89 bits per heavy atom. The third kappa shape index (κ3) is 3.32. The summed E-state index contributed by atoms with van der Waals surface area (Å²) in [6.45, 7) is 5.82. The van der Waals surface area contributed by atoms with Crippen LogP contribution in [0.2, 0.25) is 0 Å². The summed E-state index contributed by atoms with van der Waals surface area (Å²) in [6.07, 6.45) is 2.67. The fraction of sp³-hybridized carbons (Fsp3) is 0.385. The predicted molar refractivity (Wildman–Crippen MR) is 76.5 cm³/mol. The van der Waals surface area contributed by atoms with E-state index in [9.17, 15) is 0 Å². The number of aromatic nitrogens is 3. The molecular weight excluding hydrogens is 292 g/mol. The molecule has 1 aromatic heterocycles. The zero-order valence-electron chi connectivity index (χ0n) is 10.7. The molecule has 0 aliphatic rings. The lowest BCUT2D eigenvalue weighted by molar-refractivity contribution is 0.574. The second kappa shape index (κ2) is 6.00. The molecule has 0 radical (unpaired) electrons. The van der Waals surface area contributed by atoms with E-state index in [0.717, 1.165) is 29.0 Å². The minimum Gasteiger partial charge on any atom is -0.378 e. The molecule has 5 heteroatoms. The third-order valence-corrected chi connectivity index (χ3v) is 3.08. The number of nitrogens with zero attached hydrogens (tertiary/aromatic N) is 3. The van der Waals surface area contributed by atoms with Crippen molar-refractivity contribution in [3.05, 3.63) is 40.4 Å². The maximum Gasteiger partial charge on any atom is 0.146 e. The van der Waals surface area contributed by atoms with E-state index in [1.807, 2.05) is 4.68 Å². The van der Waals surface area contributed by atoms with Gasteiger partial charge in [-0.3, -0.25) is 0 Å². The number of nitrogens with one attached hydrogen (secondary N) is 1. The Morgan fingerprint density at radius 1 is 1.33 bits per heavy atom. The van der Waals surface area contributed by atoms with E-state index in [1.165, 1.54) is 5.56 Å². The van der Waals surface area contributed by atoms with E-state index in [-0.39, 0.29) is 0 Å². The van der Waals surface area contributed by atoms with Gasteiger partial charge in [0.25, 0.3) is 0 Å². The molecule has 2 aromatic rings. The van der Waals surface area contributed by atoms with E-state index in [4.69, 9.17) is 0 Å². The molecule has 0 amide bonds. The number of aryl methyl sites for hydroxylation is 2. The van der Waals surface area contributed by atoms with Crippen molar-refractivity contribution in [1.82, 2.24) is 14.8 Å². The van der Waals surface area contributed by atoms with Crippen LogP contribution in [0.15, 0.2) is 29.0 Å². The van der Waals surface area contributed by atoms with Gasteiger partial charge in [-0.2, -0.15) is 5.10 Å². The molecule has 2 rings (SSSR count). The maximum absolute atomic E-state index is 4.27. The summed E-state index contributed by atoms with van der Waals surface area (Å²) in [4.78, 5) is 4.27. The summed E-state index contributed by atoms with van der Waals surface area (Å²) in [5, 5.41) is 7.58. The van der Waals surface area contributed by atoms with Gasteiger partial charge < -0.3 is 5.32 Å². The normalized spacial score (nSPS) is 10.6. The molecule has 0 saturated heterocycles. The van der Waals surface area contributed by atoms with Crippen LogP contribution in [0.1, 0.15) is 24.7 Å². The Morgan fingerprint density at radius 2 is 2.17 bits per heavy atom. The highest BCUT2D eigenvalue weighted by Crippen LogP contribution is 2.19. The number of hydrogen-bond acceptors (Lipinski definition) is 3. The molecule has 0 unspecified atom stereocenters. The van der Waals surface area contributed by atoms with Crippen LogP contribution in [0.3, 0.4) is 0 Å². The summed E-state index contributed by atoms with van der Waals surface area (Å²) in [5.41, 5.74) is 2.31. The highest BCUT2D eigenvalue weighted by atomic mass is 79.9. The average Bonchev–Trinajstić information content (AvgIpc) is 2.73. The maximum atomic E-state index is 4.27. The van der Waals surface area contributed by atoms with E-state index in [0.29, 0.717) is 6.54 Å². The fourth-order valence-corrected chi connectivity index (χ4v) is 2.45. The first-order chi connectivity index (χ1) is 8.69. The topological polar surface area (TPSA) is 42.7 Å². The molecule has 1 aromatic carbocycles. The van der Waals surface area contributed by atoms with Gasteiger partial charge in [0.2, 0.25) is 0 Å². The molecular formula is C13H17BrN4. The van der Waals surface area contributed by atoms with Crippen LogP contribution in [0, 0.1) is 6.92 Å². The van der Waals surface area contributed by atoms with Gasteiger partial charge in [-0.15, -0.1) is 0 Å². The van der Waals surface area contributed by atoms with Gasteiger partial charge in [-0.05, 0) is 37.1 Å². The third-order valence-electron chi connectivity index (χ3n) is 2.62. The molecule has 0 aliphatic heterocycles. The lowest BCUT2D eigenvalue weighted by Gasteiger charge is -2.09. The van der Waals surface area contributed by atoms with E-state index in [2.05, 4.69) is 63.4 Å². The monoisotopic (exact) mass is 308 g/mol. The summed E-state index contributed by atoms with van der Waals surface area (Å²) in [5.74, 6) is 0.967. The Labute approximate surface area is 116 Å². The largest absolute Gasteiger partial charge is 0.378 e. The lowest BCUT2D eigenvalue weighted by atomic mass is 10.2. The Bertz CT molecular complexity index is 501. The molecule has 0 spiro atoms. The summed E-state index contributed by atoms with van der Waals surface area (Å²) in [6, 6.07) is 6.27. The molecule has 4 nitrogen and oxygen atoms in total. The van der Waals surface area contributed by atoms with Crippen LogP contribution >= 0.6 is 15.9 Å². The minimum absolute atomic E-state index is 0.690. The first-order valence-electron chi connectivity index (χ1n) is 6.07. The van der Waals surface area contributed by atoms with E-state index in [1.54, 1.807) is 6.33 Å². The van der Waals surface area contributed by atoms with Gasteiger partial charge in [-0.25, -0.2) is 9.67 Å². The Kier molecular flexibility index (Phi) is 4.36. The van der Waals surface area contributed by atoms with Gasteiger partial charge in [0, 0.05) is 16.7 Å². The van der Waals surface area contributed by atoms with Crippen molar-refractivity contribution < 1.29 is 0 Å². The van der Waals surface area contributed by atoms with Crippen molar-refractivity contribution in [2.24, 2.45) is 0 Å². The summed E-state index contributed by atoms with van der Waals surface area (Å²) >= 11 is 3.50. The number of benzene rings is 1. The molecule has 0 bridgehead atoms. The number of hydrogen-bond donors (Lipinski definition) is 1. The average molecular weight is 309 g/mol. The quantitative estimate of drug-likeness (QED) is 0.921. The Hall–Kier alpha value is -1.36. The van der Waals surface area contributed by atoms with Crippen molar-refractivity contribution in [3.8, 4) is 0 Å². The van der Waals surface area contributed by atoms with Crippen molar-refractivity contribution >= 4 is 21.6 Å². The molecule has 1 heterocycles. The highest BCUT2D eigenvalue weighted by molar-refractivity contribution is 9.10. The van der Waals surface area contributed by atoms with Gasteiger partial charge >= 0.3 is 0 Å². The molecule has 0 fully saturated rings. The zero-order valence-corrected chi connectivity index (χ0v) is 12.2. The highest BCUT2D eigenvalue weighted by Gasteiger charge is 2.03. The second-order valence-corrected chi connectivity index (χ2v) is 5.19. The number of anilines is 1. The zero-order chi connectivity index (χ0) is 13.0. The van der Waals surface area contributed by atoms with Crippen molar-refractivity contribution in [3.63, 3.8) is 0 Å². The van der Waals surface area contributed by atoms with Crippen LogP contribution in [-0.4, -0.2) is 14.8 Å². The molecule has 0 saturated carbocycles. The van der Waals surface area contributed by atoms with Crippen LogP contribution in [-0.2, 0) is 13.1 Å². The lowest BCUT2D eigenvalue weighted by Crippen LogP contribution is -2.10. The second-order valence-electron chi connectivity index (χ2n) is 4.27. The fourth-order valence-electron chi connectivity index (χ4n) is 1.84. The van der Waals surface area contributed by atoms with Gasteiger partial charge in [0.05, 0.1) is 6.54 Å². The van der Waals surface area contributed by atoms with Crippen molar-refractivity contribution in [1.29, 1.82) is 0 Å². The van der Waals surface area contributed by atoms with E-state index >= 15 is 0 Å². The molecule has 1 N–H and O–H groups in total. The van der Waals surface area contributed by atoms with Crippen LogP contribution < -0.4 is 5.32 Å². The smallest absolute Gasteiger partial charge is 0.146 e. The van der Waals surface area contributed by atoms with E-state index < -0.39 is 0 Å². The molecule has 96 valence electrons. The van der Waals surface area contributed by atoms with Gasteiger partial charge in [-0.1, -0.05) is 22.9 Å². The van der Waals surface area contributed by atoms with Crippen molar-refractivity contribution in [2.75, 3.05) is 5.32 Å².